The molecule has 3 amide bonds. The van der Waals surface area contributed by atoms with Gasteiger partial charge in [0.1, 0.15) is 22.8 Å². The van der Waals surface area contributed by atoms with Crippen LogP contribution in [0.4, 0.5) is 30.6 Å². The summed E-state index contributed by atoms with van der Waals surface area (Å²) in [4.78, 5) is 55.6. The van der Waals surface area contributed by atoms with Crippen molar-refractivity contribution in [3.63, 3.8) is 0 Å². The second kappa shape index (κ2) is 11.8. The summed E-state index contributed by atoms with van der Waals surface area (Å²) in [6.45, 7) is 0.579. The van der Waals surface area contributed by atoms with Gasteiger partial charge in [0.05, 0.1) is 17.3 Å². The Morgan fingerprint density at radius 1 is 1.06 bits per heavy atom. The van der Waals surface area contributed by atoms with Gasteiger partial charge in [-0.25, -0.2) is 4.79 Å². The number of urea groups is 1. The zero-order chi connectivity index (χ0) is 35.6. The Balaban J connectivity index is 1.55. The number of carbonyl (C=O) groups excluding carboxylic acids is 4. The molecular formula is C32H35F2N5O9. The van der Waals surface area contributed by atoms with Crippen LogP contribution in [0.2, 0.25) is 0 Å². The summed E-state index contributed by atoms with van der Waals surface area (Å²) in [5, 5.41) is 50.8. The van der Waals surface area contributed by atoms with Gasteiger partial charge in [-0.05, 0) is 68.8 Å². The summed E-state index contributed by atoms with van der Waals surface area (Å²) in [6, 6.07) is 4.45. The maximum absolute atomic E-state index is 14.1. The van der Waals surface area contributed by atoms with Crippen LogP contribution in [0.1, 0.15) is 24.5 Å². The number of anilines is 3. The number of rotatable bonds is 7. The molecule has 3 aliphatic rings. The number of Topliss-reactive ketones (excluding diaryl/α,β-unsaturated/α-hetero) is 2. The lowest BCUT2D eigenvalue weighted by molar-refractivity contribution is -0.159. The zero-order valence-corrected chi connectivity index (χ0v) is 26.6. The number of benzene rings is 2. The lowest BCUT2D eigenvalue weighted by Crippen LogP contribution is -2.65. The summed E-state index contributed by atoms with van der Waals surface area (Å²) in [6.07, 6.45) is -3.44. The van der Waals surface area contributed by atoms with E-state index in [2.05, 4.69) is 15.4 Å². The van der Waals surface area contributed by atoms with Gasteiger partial charge in [0.2, 0.25) is 5.78 Å². The second-order valence-corrected chi connectivity index (χ2v) is 12.5. The number of hydrogen-bond acceptors (Lipinski definition) is 11. The maximum atomic E-state index is 14.1. The molecule has 4 atom stereocenters. The number of nitrogens with zero attached hydrogens (tertiary/aromatic N) is 2. The van der Waals surface area contributed by atoms with Gasteiger partial charge in [0.25, 0.3) is 5.91 Å². The highest BCUT2D eigenvalue weighted by atomic mass is 19.3. The van der Waals surface area contributed by atoms with Gasteiger partial charge in [-0.2, -0.15) is 8.78 Å². The number of fused-ring (bicyclic) bond motifs is 3. The molecule has 5 rings (SSSR count). The number of aliphatic hydroxyl groups is 3. The van der Waals surface area contributed by atoms with Crippen molar-refractivity contribution in [2.45, 2.75) is 37.5 Å². The predicted molar refractivity (Wildman–Crippen MR) is 169 cm³/mol. The third kappa shape index (κ3) is 5.56. The molecule has 14 nitrogen and oxygen atoms in total. The molecule has 0 unspecified atom stereocenters. The van der Waals surface area contributed by atoms with E-state index < -0.39 is 75.9 Å². The quantitative estimate of drug-likeness (QED) is 0.168. The molecular weight excluding hydrogens is 636 g/mol. The van der Waals surface area contributed by atoms with Crippen molar-refractivity contribution in [1.29, 1.82) is 0 Å². The number of phenols is 1. The number of hydrogen-bond donors (Lipinski definition) is 7. The lowest BCUT2D eigenvalue weighted by atomic mass is 9.57. The van der Waals surface area contributed by atoms with Gasteiger partial charge >= 0.3 is 12.1 Å². The van der Waals surface area contributed by atoms with Crippen LogP contribution >= 0.6 is 0 Å². The van der Waals surface area contributed by atoms with Crippen molar-refractivity contribution in [3.05, 3.63) is 58.4 Å². The van der Waals surface area contributed by atoms with Crippen LogP contribution in [0.5, 0.6) is 11.5 Å². The molecule has 256 valence electrons. The number of primary amides is 1. The molecule has 3 aliphatic carbocycles. The highest BCUT2D eigenvalue weighted by molar-refractivity contribution is 6.24. The first-order chi connectivity index (χ1) is 22.3. The monoisotopic (exact) mass is 671 g/mol. The number of ketones is 2. The number of amides is 3. The van der Waals surface area contributed by atoms with Gasteiger partial charge in [0.15, 0.2) is 17.1 Å². The smallest absolute Gasteiger partial charge is 0.394 e. The summed E-state index contributed by atoms with van der Waals surface area (Å²) in [7, 11) is 6.38. The fraction of sp³-hybridized carbons (Fsp3) is 0.375. The first-order valence-electron chi connectivity index (χ1n) is 14.7. The van der Waals surface area contributed by atoms with Crippen LogP contribution in [0.3, 0.4) is 0 Å². The third-order valence-electron chi connectivity index (χ3n) is 8.84. The number of halogens is 2. The van der Waals surface area contributed by atoms with Gasteiger partial charge in [-0.15, -0.1) is 0 Å². The Hall–Kier alpha value is -5.22. The third-order valence-corrected chi connectivity index (χ3v) is 8.84. The van der Waals surface area contributed by atoms with Crippen molar-refractivity contribution in [2.24, 2.45) is 17.6 Å². The number of alkyl halides is 2. The molecule has 8 N–H and O–H groups in total. The van der Waals surface area contributed by atoms with Gasteiger partial charge < -0.3 is 46.4 Å². The highest BCUT2D eigenvalue weighted by Crippen LogP contribution is 2.54. The minimum atomic E-state index is -3.41. The molecule has 1 saturated carbocycles. The Bertz CT molecular complexity index is 1800. The van der Waals surface area contributed by atoms with E-state index in [4.69, 9.17) is 5.73 Å². The average molecular weight is 672 g/mol. The summed E-state index contributed by atoms with van der Waals surface area (Å²) >= 11 is 0. The number of aliphatic hydroxyl groups excluding tert-OH is 2. The molecule has 0 heterocycles. The molecule has 0 aromatic heterocycles. The number of phenolic OH excluding ortho intramolecular Hbond substituents is 1. The number of aromatic hydroxyl groups is 1. The SMILES string of the molecule is CN(C)c1cc(NC(=O)Nc2ccc(OC(C)(F)F)cc2)c(O)c2c1C[C@H]1C[C@H]3[C@H](N(C)C)C(=O)C(C(N)=O)=C(O)[C@@]3(O)C(=O)C1=C2O. The van der Waals surface area contributed by atoms with E-state index in [0.29, 0.717) is 18.2 Å². The number of likely N-dealkylation sites (N-methyl/N-ethyl adjacent to an activating group) is 1. The summed E-state index contributed by atoms with van der Waals surface area (Å²) in [5.41, 5.74) is 1.95. The number of nitrogens with two attached hydrogens (primary N) is 1. The molecule has 16 heteroatoms. The molecule has 2 aromatic carbocycles. The first-order valence-corrected chi connectivity index (χ1v) is 14.7. The zero-order valence-electron chi connectivity index (χ0n) is 26.6. The molecule has 1 fully saturated rings. The Morgan fingerprint density at radius 2 is 1.69 bits per heavy atom. The topological polar surface area (TPSA) is 215 Å². The Morgan fingerprint density at radius 3 is 2.23 bits per heavy atom. The van der Waals surface area contributed by atoms with Crippen LogP contribution in [0.15, 0.2) is 47.2 Å². The van der Waals surface area contributed by atoms with Crippen LogP contribution in [0.25, 0.3) is 5.76 Å². The van der Waals surface area contributed by atoms with Crippen molar-refractivity contribution in [3.8, 4) is 11.5 Å². The van der Waals surface area contributed by atoms with E-state index in [1.807, 2.05) is 0 Å². The van der Waals surface area contributed by atoms with Crippen molar-refractivity contribution in [2.75, 3.05) is 43.7 Å². The fourth-order valence-corrected chi connectivity index (χ4v) is 6.88. The van der Waals surface area contributed by atoms with Crippen molar-refractivity contribution < 1.29 is 53.1 Å². The molecule has 48 heavy (non-hydrogen) atoms. The second-order valence-electron chi connectivity index (χ2n) is 12.5. The normalized spacial score (nSPS) is 23.7. The molecule has 0 aliphatic heterocycles. The van der Waals surface area contributed by atoms with E-state index >= 15 is 0 Å². The molecule has 0 saturated heterocycles. The lowest BCUT2D eigenvalue weighted by Gasteiger charge is -2.50. The Kier molecular flexibility index (Phi) is 8.38. The average Bonchev–Trinajstić information content (AvgIpc) is 2.96. The van der Waals surface area contributed by atoms with Gasteiger partial charge in [-0.3, -0.25) is 19.3 Å². The van der Waals surface area contributed by atoms with E-state index in [1.54, 1.807) is 19.0 Å². The molecule has 0 bridgehead atoms. The maximum Gasteiger partial charge on any atom is 0.394 e. The van der Waals surface area contributed by atoms with Gasteiger partial charge in [-0.1, -0.05) is 0 Å². The number of nitrogens with one attached hydrogen (secondary N) is 2. The van der Waals surface area contributed by atoms with Crippen LogP contribution in [-0.2, 0) is 20.8 Å². The van der Waals surface area contributed by atoms with E-state index in [-0.39, 0.29) is 41.1 Å². The van der Waals surface area contributed by atoms with Crippen LogP contribution < -0.4 is 26.0 Å². The first kappa shape index (κ1) is 34.1. The minimum Gasteiger partial charge on any atom is -0.508 e. The van der Waals surface area contributed by atoms with Crippen molar-refractivity contribution in [1.82, 2.24) is 4.90 Å². The van der Waals surface area contributed by atoms with E-state index in [1.165, 1.54) is 49.3 Å². The minimum absolute atomic E-state index is 0.0489. The highest BCUT2D eigenvalue weighted by Gasteiger charge is 2.64. The fourth-order valence-electron chi connectivity index (χ4n) is 6.88. The summed E-state index contributed by atoms with van der Waals surface area (Å²) < 4.78 is 30.7. The van der Waals surface area contributed by atoms with Gasteiger partial charge in [0, 0.05) is 43.9 Å². The largest absolute Gasteiger partial charge is 0.508 e. The predicted octanol–water partition coefficient (Wildman–Crippen LogP) is 2.67. The van der Waals surface area contributed by atoms with Crippen molar-refractivity contribution >= 4 is 46.3 Å². The Labute approximate surface area is 273 Å². The van der Waals surface area contributed by atoms with Crippen LogP contribution in [0, 0.1) is 11.8 Å². The number of carbonyl (C=O) groups is 4. The summed E-state index contributed by atoms with van der Waals surface area (Å²) in [5.74, 6) is -8.06. The van der Waals surface area contributed by atoms with E-state index in [0.717, 1.165) is 0 Å². The van der Waals surface area contributed by atoms with Crippen LogP contribution in [-0.4, -0.2) is 94.8 Å². The molecule has 0 radical (unpaired) electrons. The standard InChI is InChI=1S/C32H35F2N5O9/c1-31(33,34)48-15-8-6-14(7-9-15)36-30(46)37-18-12-19(38(2)3)16-10-13-11-17-23(39(4)5)26(42)22(29(35)45)28(44)32(17,47)27(43)20(13)25(41)21(16)24(18)40/h6-9,12-13,17,23,40-41,44,47H,10-11H2,1-5H3,(H2,35,45)(H2,36,37,46)/t13-,17-,23-,32-/m0/s1. The number of ether oxygens (including phenoxy) is 1. The molecule has 0 spiro atoms. The molecule has 2 aromatic rings. The van der Waals surface area contributed by atoms with E-state index in [9.17, 15) is 48.4 Å².